The SMILES string of the molecule is CC(CNC(C)(C)C)C(C)c1ccc(F)cc1. The molecule has 0 aromatic heterocycles. The van der Waals surface area contributed by atoms with Gasteiger partial charge in [-0.15, -0.1) is 0 Å². The van der Waals surface area contributed by atoms with Crippen LogP contribution in [0.5, 0.6) is 0 Å². The second-order valence-electron chi connectivity index (χ2n) is 5.95. The zero-order valence-corrected chi connectivity index (χ0v) is 11.5. The fraction of sp³-hybridized carbons (Fsp3) is 0.600. The molecule has 0 heterocycles. The summed E-state index contributed by atoms with van der Waals surface area (Å²) in [6.07, 6.45) is 0. The molecule has 96 valence electrons. The lowest BCUT2D eigenvalue weighted by molar-refractivity contribution is 0.359. The Hall–Kier alpha value is -0.890. The van der Waals surface area contributed by atoms with Crippen molar-refractivity contribution in [3.63, 3.8) is 0 Å². The normalized spacial score (nSPS) is 15.6. The maximum atomic E-state index is 12.8. The lowest BCUT2D eigenvalue weighted by atomic mass is 9.88. The van der Waals surface area contributed by atoms with Gasteiger partial charge in [0.2, 0.25) is 0 Å². The number of nitrogens with one attached hydrogen (secondary N) is 1. The lowest BCUT2D eigenvalue weighted by Gasteiger charge is -2.26. The highest BCUT2D eigenvalue weighted by Crippen LogP contribution is 2.24. The Morgan fingerprint density at radius 3 is 2.12 bits per heavy atom. The van der Waals surface area contributed by atoms with Crippen LogP contribution in [-0.4, -0.2) is 12.1 Å². The fourth-order valence-corrected chi connectivity index (χ4v) is 1.74. The minimum Gasteiger partial charge on any atom is -0.312 e. The third kappa shape index (κ3) is 4.86. The van der Waals surface area contributed by atoms with E-state index in [9.17, 15) is 4.39 Å². The average molecular weight is 237 g/mol. The van der Waals surface area contributed by atoms with Crippen LogP contribution in [0.25, 0.3) is 0 Å². The topological polar surface area (TPSA) is 12.0 Å². The Bertz CT molecular complexity index is 337. The van der Waals surface area contributed by atoms with Crippen molar-refractivity contribution in [3.8, 4) is 0 Å². The molecule has 2 atom stereocenters. The summed E-state index contributed by atoms with van der Waals surface area (Å²) in [6, 6.07) is 6.84. The van der Waals surface area contributed by atoms with E-state index < -0.39 is 0 Å². The zero-order chi connectivity index (χ0) is 13.1. The van der Waals surface area contributed by atoms with Gasteiger partial charge in [0.1, 0.15) is 5.82 Å². The molecule has 0 fully saturated rings. The molecule has 1 aromatic carbocycles. The van der Waals surface area contributed by atoms with Crippen molar-refractivity contribution in [3.05, 3.63) is 35.6 Å². The third-order valence-corrected chi connectivity index (χ3v) is 3.20. The van der Waals surface area contributed by atoms with E-state index in [-0.39, 0.29) is 11.4 Å². The second-order valence-corrected chi connectivity index (χ2v) is 5.95. The van der Waals surface area contributed by atoms with Crippen LogP contribution < -0.4 is 5.32 Å². The van der Waals surface area contributed by atoms with E-state index in [1.54, 1.807) is 0 Å². The molecule has 0 aliphatic carbocycles. The summed E-state index contributed by atoms with van der Waals surface area (Å²) in [7, 11) is 0. The largest absolute Gasteiger partial charge is 0.312 e. The van der Waals surface area contributed by atoms with Gasteiger partial charge in [0.25, 0.3) is 0 Å². The van der Waals surface area contributed by atoms with Crippen molar-refractivity contribution in [1.29, 1.82) is 0 Å². The monoisotopic (exact) mass is 237 g/mol. The standard InChI is InChI=1S/C15H24FN/c1-11(10-17-15(3,4)5)12(2)13-6-8-14(16)9-7-13/h6-9,11-12,17H,10H2,1-5H3. The summed E-state index contributed by atoms with van der Waals surface area (Å²) in [5, 5.41) is 3.51. The summed E-state index contributed by atoms with van der Waals surface area (Å²) in [5.41, 5.74) is 1.35. The number of halogens is 1. The molecule has 1 rings (SSSR count). The van der Waals surface area contributed by atoms with E-state index >= 15 is 0 Å². The summed E-state index contributed by atoms with van der Waals surface area (Å²) >= 11 is 0. The number of rotatable bonds is 4. The van der Waals surface area contributed by atoms with Gasteiger partial charge < -0.3 is 5.32 Å². The third-order valence-electron chi connectivity index (χ3n) is 3.20. The van der Waals surface area contributed by atoms with Crippen molar-refractivity contribution < 1.29 is 4.39 Å². The summed E-state index contributed by atoms with van der Waals surface area (Å²) in [4.78, 5) is 0. The molecule has 1 nitrogen and oxygen atoms in total. The van der Waals surface area contributed by atoms with Gasteiger partial charge >= 0.3 is 0 Å². The van der Waals surface area contributed by atoms with Gasteiger partial charge in [-0.1, -0.05) is 26.0 Å². The van der Waals surface area contributed by atoms with Crippen molar-refractivity contribution >= 4 is 0 Å². The van der Waals surface area contributed by atoms with Gasteiger partial charge in [0, 0.05) is 5.54 Å². The van der Waals surface area contributed by atoms with Crippen LogP contribution in [0.2, 0.25) is 0 Å². The molecule has 0 saturated carbocycles. The van der Waals surface area contributed by atoms with Gasteiger partial charge in [-0.2, -0.15) is 0 Å². The van der Waals surface area contributed by atoms with Gasteiger partial charge in [-0.05, 0) is 56.8 Å². The highest BCUT2D eigenvalue weighted by molar-refractivity contribution is 5.20. The summed E-state index contributed by atoms with van der Waals surface area (Å²) in [5.74, 6) is 0.798. The molecule has 0 aliphatic heterocycles. The Kier molecular flexibility index (Phi) is 4.70. The van der Waals surface area contributed by atoms with Gasteiger partial charge in [0.05, 0.1) is 0 Å². The number of hydrogen-bond donors (Lipinski definition) is 1. The minimum absolute atomic E-state index is 0.150. The number of benzene rings is 1. The predicted octanol–water partition coefficient (Wildman–Crippen LogP) is 3.95. The molecule has 17 heavy (non-hydrogen) atoms. The van der Waals surface area contributed by atoms with E-state index in [0.717, 1.165) is 6.54 Å². The quantitative estimate of drug-likeness (QED) is 0.836. The van der Waals surface area contributed by atoms with Gasteiger partial charge in [0.15, 0.2) is 0 Å². The Morgan fingerprint density at radius 2 is 1.65 bits per heavy atom. The van der Waals surface area contributed by atoms with Crippen LogP contribution >= 0.6 is 0 Å². The number of hydrogen-bond acceptors (Lipinski definition) is 1. The van der Waals surface area contributed by atoms with E-state index in [4.69, 9.17) is 0 Å². The van der Waals surface area contributed by atoms with Crippen molar-refractivity contribution in [1.82, 2.24) is 5.32 Å². The highest BCUT2D eigenvalue weighted by Gasteiger charge is 2.17. The fourth-order valence-electron chi connectivity index (χ4n) is 1.74. The maximum Gasteiger partial charge on any atom is 0.123 e. The molecule has 1 aromatic rings. The molecule has 0 spiro atoms. The zero-order valence-electron chi connectivity index (χ0n) is 11.5. The molecule has 0 aliphatic rings. The Labute approximate surface area is 104 Å². The van der Waals surface area contributed by atoms with Crippen LogP contribution in [-0.2, 0) is 0 Å². The van der Waals surface area contributed by atoms with Crippen LogP contribution in [0.1, 0.15) is 46.1 Å². The minimum atomic E-state index is -0.165. The molecule has 0 radical (unpaired) electrons. The first-order valence-electron chi connectivity index (χ1n) is 6.30. The smallest absolute Gasteiger partial charge is 0.123 e. The van der Waals surface area contributed by atoms with Crippen molar-refractivity contribution in [2.24, 2.45) is 5.92 Å². The average Bonchev–Trinajstić information content (AvgIpc) is 2.25. The van der Waals surface area contributed by atoms with E-state index in [1.165, 1.54) is 17.7 Å². The first kappa shape index (κ1) is 14.2. The first-order chi connectivity index (χ1) is 7.79. The Morgan fingerprint density at radius 1 is 1.12 bits per heavy atom. The molecule has 0 bridgehead atoms. The molecule has 2 heteroatoms. The van der Waals surface area contributed by atoms with Crippen molar-refractivity contribution in [2.75, 3.05) is 6.54 Å². The van der Waals surface area contributed by atoms with Gasteiger partial charge in [-0.3, -0.25) is 0 Å². The van der Waals surface area contributed by atoms with E-state index in [2.05, 4.69) is 39.9 Å². The van der Waals surface area contributed by atoms with E-state index in [1.807, 2.05) is 12.1 Å². The van der Waals surface area contributed by atoms with Crippen LogP contribution in [0, 0.1) is 11.7 Å². The maximum absolute atomic E-state index is 12.8. The van der Waals surface area contributed by atoms with Crippen LogP contribution in [0.4, 0.5) is 4.39 Å². The lowest BCUT2D eigenvalue weighted by Crippen LogP contribution is -2.39. The van der Waals surface area contributed by atoms with Crippen LogP contribution in [0.3, 0.4) is 0 Å². The molecule has 0 amide bonds. The highest BCUT2D eigenvalue weighted by atomic mass is 19.1. The van der Waals surface area contributed by atoms with Crippen molar-refractivity contribution in [2.45, 2.75) is 46.1 Å². The molecule has 1 N–H and O–H groups in total. The molecular weight excluding hydrogens is 213 g/mol. The summed E-state index contributed by atoms with van der Waals surface area (Å²) in [6.45, 7) is 11.9. The van der Waals surface area contributed by atoms with E-state index in [0.29, 0.717) is 11.8 Å². The second kappa shape index (κ2) is 5.63. The molecular formula is C15H24FN. The molecule has 0 saturated heterocycles. The van der Waals surface area contributed by atoms with Crippen LogP contribution in [0.15, 0.2) is 24.3 Å². The Balaban J connectivity index is 2.57. The van der Waals surface area contributed by atoms with Gasteiger partial charge in [-0.25, -0.2) is 4.39 Å². The summed E-state index contributed by atoms with van der Waals surface area (Å²) < 4.78 is 12.8. The first-order valence-corrected chi connectivity index (χ1v) is 6.30. The molecule has 2 unspecified atom stereocenters. The predicted molar refractivity (Wildman–Crippen MR) is 71.7 cm³/mol.